The summed E-state index contributed by atoms with van der Waals surface area (Å²) in [6, 6.07) is 0. The second-order valence-corrected chi connectivity index (χ2v) is 2.73. The van der Waals surface area contributed by atoms with Gasteiger partial charge < -0.3 is 14.6 Å². The van der Waals surface area contributed by atoms with E-state index in [1.54, 1.807) is 0 Å². The molecule has 84 valence electrons. The third-order valence-electron chi connectivity index (χ3n) is 1.26. The highest BCUT2D eigenvalue weighted by atomic mass is 16.6. The van der Waals surface area contributed by atoms with Gasteiger partial charge in [-0.3, -0.25) is 5.73 Å². The minimum Gasteiger partial charge on any atom is -0.458 e. The molecule has 0 saturated carbocycles. The molecule has 0 aliphatic rings. The van der Waals surface area contributed by atoms with Gasteiger partial charge in [0.25, 0.3) is 0 Å². The molecule has 0 bridgehead atoms. The van der Waals surface area contributed by atoms with Gasteiger partial charge in [0.1, 0.15) is 13.2 Å². The van der Waals surface area contributed by atoms with Gasteiger partial charge in [-0.05, 0) is 0 Å². The summed E-state index contributed by atoms with van der Waals surface area (Å²) >= 11 is 0. The van der Waals surface area contributed by atoms with Crippen LogP contribution in [0.15, 0.2) is 25.3 Å². The van der Waals surface area contributed by atoms with Crippen molar-refractivity contribution in [2.75, 3.05) is 13.2 Å². The zero-order valence-corrected chi connectivity index (χ0v) is 8.14. The molecule has 0 saturated heterocycles. The number of ether oxygens (including phenoxy) is 2. The molecular formula is C9H13NO5. The Hall–Kier alpha value is -1.66. The predicted octanol–water partition coefficient (Wildman–Crippen LogP) is -0.908. The summed E-state index contributed by atoms with van der Waals surface area (Å²) in [5.74, 6) is -1.46. The number of carbonyl (C=O) groups excluding carboxylic acids is 2. The van der Waals surface area contributed by atoms with Gasteiger partial charge in [-0.15, -0.1) is 0 Å². The summed E-state index contributed by atoms with van der Waals surface area (Å²) in [5, 5.41) is 9.36. The van der Waals surface area contributed by atoms with Crippen molar-refractivity contribution in [1.29, 1.82) is 0 Å². The molecule has 0 aromatic heterocycles. The lowest BCUT2D eigenvalue weighted by Gasteiger charge is -2.21. The lowest BCUT2D eigenvalue weighted by Crippen LogP contribution is -2.49. The summed E-state index contributed by atoms with van der Waals surface area (Å²) in [6.45, 7) is 5.31. The smallest absolute Gasteiger partial charge is 0.330 e. The molecular weight excluding hydrogens is 202 g/mol. The molecule has 0 radical (unpaired) electrons. The van der Waals surface area contributed by atoms with Gasteiger partial charge >= 0.3 is 11.9 Å². The van der Waals surface area contributed by atoms with Gasteiger partial charge in [-0.1, -0.05) is 13.2 Å². The van der Waals surface area contributed by atoms with E-state index in [-0.39, 0.29) is 0 Å². The molecule has 0 rings (SSSR count). The van der Waals surface area contributed by atoms with Crippen molar-refractivity contribution in [3.05, 3.63) is 25.3 Å². The van der Waals surface area contributed by atoms with E-state index >= 15 is 0 Å². The van der Waals surface area contributed by atoms with Crippen LogP contribution in [-0.4, -0.2) is 36.0 Å². The van der Waals surface area contributed by atoms with E-state index < -0.39 is 30.9 Å². The molecule has 0 unspecified atom stereocenters. The Balaban J connectivity index is 3.95. The molecule has 0 aromatic rings. The lowest BCUT2D eigenvalue weighted by molar-refractivity contribution is -0.156. The van der Waals surface area contributed by atoms with Crippen LogP contribution in [0.4, 0.5) is 0 Å². The molecule has 0 heterocycles. The molecule has 0 aliphatic heterocycles. The Bertz CT molecular complexity index is 246. The molecule has 0 spiro atoms. The third kappa shape index (κ3) is 6.42. The summed E-state index contributed by atoms with van der Waals surface area (Å²) in [7, 11) is 0. The Morgan fingerprint density at radius 1 is 1.20 bits per heavy atom. The summed E-state index contributed by atoms with van der Waals surface area (Å²) in [6.07, 6.45) is 1.84. The van der Waals surface area contributed by atoms with Gasteiger partial charge in [-0.25, -0.2) is 9.59 Å². The number of rotatable bonds is 6. The molecule has 0 amide bonds. The largest absolute Gasteiger partial charge is 0.458 e. The van der Waals surface area contributed by atoms with Gasteiger partial charge in [0.2, 0.25) is 0 Å². The average Bonchev–Trinajstić information content (AvgIpc) is 2.22. The number of esters is 2. The van der Waals surface area contributed by atoms with E-state index in [2.05, 4.69) is 22.6 Å². The van der Waals surface area contributed by atoms with Gasteiger partial charge in [0.05, 0.1) is 0 Å². The van der Waals surface area contributed by atoms with Crippen LogP contribution in [0.2, 0.25) is 0 Å². The highest BCUT2D eigenvalue weighted by Crippen LogP contribution is 1.98. The first-order valence-electron chi connectivity index (χ1n) is 4.01. The first kappa shape index (κ1) is 13.3. The number of aliphatic hydroxyl groups is 1. The Kier molecular flexibility index (Phi) is 5.29. The fourth-order valence-electron chi connectivity index (χ4n) is 0.552. The molecule has 0 aliphatic carbocycles. The fraction of sp³-hybridized carbons (Fsp3) is 0.333. The average molecular weight is 215 g/mol. The molecule has 15 heavy (non-hydrogen) atoms. The highest BCUT2D eigenvalue weighted by molar-refractivity contribution is 5.81. The van der Waals surface area contributed by atoms with E-state index in [9.17, 15) is 14.7 Å². The van der Waals surface area contributed by atoms with Crippen molar-refractivity contribution in [2.24, 2.45) is 5.73 Å². The third-order valence-corrected chi connectivity index (χ3v) is 1.26. The molecule has 6 nitrogen and oxygen atoms in total. The van der Waals surface area contributed by atoms with Gasteiger partial charge in [-0.2, -0.15) is 0 Å². The van der Waals surface area contributed by atoms with E-state index in [4.69, 9.17) is 5.73 Å². The molecule has 0 aromatic carbocycles. The van der Waals surface area contributed by atoms with Crippen LogP contribution in [0.3, 0.4) is 0 Å². The van der Waals surface area contributed by atoms with Crippen molar-refractivity contribution in [3.8, 4) is 0 Å². The topological polar surface area (TPSA) is 98.8 Å². The van der Waals surface area contributed by atoms with E-state index in [0.717, 1.165) is 12.2 Å². The maximum absolute atomic E-state index is 10.6. The number of hydrogen-bond acceptors (Lipinski definition) is 6. The summed E-state index contributed by atoms with van der Waals surface area (Å²) < 4.78 is 8.95. The quantitative estimate of drug-likeness (QED) is 0.338. The van der Waals surface area contributed by atoms with Crippen molar-refractivity contribution in [3.63, 3.8) is 0 Å². The molecule has 3 N–H and O–H groups in total. The van der Waals surface area contributed by atoms with Crippen LogP contribution in [0.25, 0.3) is 0 Å². The maximum Gasteiger partial charge on any atom is 0.330 e. The lowest BCUT2D eigenvalue weighted by atomic mass is 10.3. The van der Waals surface area contributed by atoms with Crippen LogP contribution in [0.5, 0.6) is 0 Å². The molecule has 0 atom stereocenters. The standard InChI is InChI=1S/C9H13NO5/c1-3-7(11)14-5-9(10,13)6-15-8(12)4-2/h3-4,13H,1-2,5-6,10H2. The zero-order valence-electron chi connectivity index (χ0n) is 8.14. The Labute approximate surface area is 87.0 Å². The van der Waals surface area contributed by atoms with Crippen molar-refractivity contribution < 1.29 is 24.2 Å². The first-order chi connectivity index (χ1) is 6.91. The number of hydrogen-bond donors (Lipinski definition) is 2. The van der Waals surface area contributed by atoms with Crippen LogP contribution in [0.1, 0.15) is 0 Å². The maximum atomic E-state index is 10.6. The summed E-state index contributed by atoms with van der Waals surface area (Å²) in [4.78, 5) is 21.2. The number of nitrogens with two attached hydrogens (primary N) is 1. The molecule has 6 heteroatoms. The van der Waals surface area contributed by atoms with E-state index in [1.165, 1.54) is 0 Å². The normalized spacial score (nSPS) is 10.3. The minimum atomic E-state index is -1.92. The monoisotopic (exact) mass is 215 g/mol. The Morgan fingerprint density at radius 2 is 1.53 bits per heavy atom. The van der Waals surface area contributed by atoms with E-state index in [1.807, 2.05) is 0 Å². The van der Waals surface area contributed by atoms with Crippen LogP contribution < -0.4 is 5.73 Å². The first-order valence-corrected chi connectivity index (χ1v) is 4.01. The van der Waals surface area contributed by atoms with Crippen LogP contribution in [0, 0.1) is 0 Å². The second kappa shape index (κ2) is 5.94. The Morgan fingerprint density at radius 3 is 1.80 bits per heavy atom. The van der Waals surface area contributed by atoms with Crippen LogP contribution in [-0.2, 0) is 19.1 Å². The van der Waals surface area contributed by atoms with Crippen molar-refractivity contribution in [1.82, 2.24) is 0 Å². The highest BCUT2D eigenvalue weighted by Gasteiger charge is 2.24. The minimum absolute atomic E-state index is 0.498. The van der Waals surface area contributed by atoms with Gasteiger partial charge in [0.15, 0.2) is 5.72 Å². The predicted molar refractivity (Wildman–Crippen MR) is 51.4 cm³/mol. The van der Waals surface area contributed by atoms with E-state index in [0.29, 0.717) is 0 Å². The van der Waals surface area contributed by atoms with Crippen LogP contribution >= 0.6 is 0 Å². The fourth-order valence-corrected chi connectivity index (χ4v) is 0.552. The van der Waals surface area contributed by atoms with Gasteiger partial charge in [0, 0.05) is 12.2 Å². The summed E-state index contributed by atoms with van der Waals surface area (Å²) in [5.41, 5.74) is 3.34. The number of carbonyl (C=O) groups is 2. The second-order valence-electron chi connectivity index (χ2n) is 2.73. The SMILES string of the molecule is C=CC(=O)OCC(N)(O)COC(=O)C=C. The zero-order chi connectivity index (χ0) is 11.9. The van der Waals surface area contributed by atoms with Crippen molar-refractivity contribution >= 4 is 11.9 Å². The molecule has 0 fully saturated rings. The van der Waals surface area contributed by atoms with Crippen molar-refractivity contribution in [2.45, 2.75) is 5.72 Å².